The molecular formula is C20H28IN5O. The first-order valence-corrected chi connectivity index (χ1v) is 9.04. The van der Waals surface area contributed by atoms with Gasteiger partial charge in [-0.3, -0.25) is 4.99 Å². The van der Waals surface area contributed by atoms with E-state index in [1.807, 2.05) is 6.07 Å². The van der Waals surface area contributed by atoms with Gasteiger partial charge in [0.2, 0.25) is 0 Å². The molecular weight excluding hydrogens is 453 g/mol. The van der Waals surface area contributed by atoms with Gasteiger partial charge in [0.15, 0.2) is 11.7 Å². The van der Waals surface area contributed by atoms with E-state index >= 15 is 0 Å². The molecule has 0 aliphatic carbocycles. The van der Waals surface area contributed by atoms with Gasteiger partial charge < -0.3 is 20.1 Å². The second-order valence-corrected chi connectivity index (χ2v) is 6.70. The minimum atomic E-state index is 0. The average molecular weight is 481 g/mol. The SMILES string of the molecule is CN=C(NCc1cccc(N2CC=CC2)c1)NCc1cc(C(C)C)no1.I. The lowest BCUT2D eigenvalue weighted by atomic mass is 10.1. The van der Waals surface area contributed by atoms with Crippen molar-refractivity contribution in [1.82, 2.24) is 15.8 Å². The van der Waals surface area contributed by atoms with Crippen LogP contribution in [0.5, 0.6) is 0 Å². The molecule has 7 heteroatoms. The van der Waals surface area contributed by atoms with E-state index in [4.69, 9.17) is 4.52 Å². The van der Waals surface area contributed by atoms with Gasteiger partial charge in [0, 0.05) is 38.4 Å². The van der Waals surface area contributed by atoms with Gasteiger partial charge in [-0.25, -0.2) is 0 Å². The van der Waals surface area contributed by atoms with Crippen LogP contribution in [-0.2, 0) is 13.1 Å². The minimum Gasteiger partial charge on any atom is -0.364 e. The Kier molecular flexibility index (Phi) is 8.15. The first-order chi connectivity index (χ1) is 12.7. The number of guanidine groups is 1. The van der Waals surface area contributed by atoms with Crippen LogP contribution < -0.4 is 15.5 Å². The largest absolute Gasteiger partial charge is 0.364 e. The van der Waals surface area contributed by atoms with Gasteiger partial charge in [0.05, 0.1) is 12.2 Å². The topological polar surface area (TPSA) is 65.7 Å². The Labute approximate surface area is 178 Å². The van der Waals surface area contributed by atoms with Crippen LogP contribution in [0, 0.1) is 0 Å². The summed E-state index contributed by atoms with van der Waals surface area (Å²) < 4.78 is 5.35. The fraction of sp³-hybridized carbons (Fsp3) is 0.400. The van der Waals surface area contributed by atoms with Gasteiger partial charge in [-0.1, -0.05) is 43.3 Å². The molecule has 0 bridgehead atoms. The molecule has 0 fully saturated rings. The van der Waals surface area contributed by atoms with Crippen LogP contribution in [0.1, 0.15) is 36.8 Å². The summed E-state index contributed by atoms with van der Waals surface area (Å²) in [6.45, 7) is 7.43. The summed E-state index contributed by atoms with van der Waals surface area (Å²) >= 11 is 0. The molecule has 0 amide bonds. The van der Waals surface area contributed by atoms with E-state index in [-0.39, 0.29) is 24.0 Å². The molecule has 2 heterocycles. The molecule has 0 atom stereocenters. The summed E-state index contributed by atoms with van der Waals surface area (Å²) in [6.07, 6.45) is 4.40. The standard InChI is InChI=1S/C20H27N5O.HI/c1-15(2)19-12-18(26-24-19)14-23-20(21-3)22-13-16-7-6-8-17(11-16)25-9-4-5-10-25;/h4-8,11-12,15H,9-10,13-14H2,1-3H3,(H2,21,22,23);1H. The number of rotatable bonds is 6. The second kappa shape index (κ2) is 10.3. The fourth-order valence-corrected chi connectivity index (χ4v) is 2.81. The number of aliphatic imine (C=N–C) groups is 1. The Bertz CT molecular complexity index is 776. The summed E-state index contributed by atoms with van der Waals surface area (Å²) in [4.78, 5) is 6.61. The van der Waals surface area contributed by atoms with Gasteiger partial charge in [0.25, 0.3) is 0 Å². The summed E-state index contributed by atoms with van der Waals surface area (Å²) in [5.74, 6) is 1.91. The summed E-state index contributed by atoms with van der Waals surface area (Å²) in [7, 11) is 1.77. The predicted molar refractivity (Wildman–Crippen MR) is 121 cm³/mol. The Balaban J connectivity index is 0.00000261. The maximum atomic E-state index is 5.35. The molecule has 0 spiro atoms. The molecule has 3 rings (SSSR count). The van der Waals surface area contributed by atoms with Crippen molar-refractivity contribution in [3.05, 3.63) is 59.5 Å². The highest BCUT2D eigenvalue weighted by Crippen LogP contribution is 2.18. The van der Waals surface area contributed by atoms with E-state index < -0.39 is 0 Å². The fourth-order valence-electron chi connectivity index (χ4n) is 2.81. The van der Waals surface area contributed by atoms with E-state index in [9.17, 15) is 0 Å². The van der Waals surface area contributed by atoms with Gasteiger partial charge >= 0.3 is 0 Å². The number of anilines is 1. The third-order valence-electron chi connectivity index (χ3n) is 4.38. The second-order valence-electron chi connectivity index (χ2n) is 6.70. The van der Waals surface area contributed by atoms with Crippen molar-refractivity contribution in [1.29, 1.82) is 0 Å². The maximum Gasteiger partial charge on any atom is 0.191 e. The summed E-state index contributed by atoms with van der Waals surface area (Å²) in [6, 6.07) is 10.6. The molecule has 146 valence electrons. The Morgan fingerprint density at radius 2 is 1.93 bits per heavy atom. The van der Waals surface area contributed by atoms with E-state index in [2.05, 4.69) is 75.9 Å². The van der Waals surface area contributed by atoms with Crippen LogP contribution in [0.15, 0.2) is 52.0 Å². The number of benzene rings is 1. The van der Waals surface area contributed by atoms with Gasteiger partial charge in [-0.15, -0.1) is 24.0 Å². The maximum absolute atomic E-state index is 5.35. The molecule has 1 aromatic heterocycles. The molecule has 0 unspecified atom stereocenters. The highest BCUT2D eigenvalue weighted by Gasteiger charge is 2.09. The van der Waals surface area contributed by atoms with Crippen LogP contribution in [0.25, 0.3) is 0 Å². The Hall–Kier alpha value is -2.03. The number of hydrogen-bond donors (Lipinski definition) is 2. The van der Waals surface area contributed by atoms with Crippen LogP contribution in [0.2, 0.25) is 0 Å². The molecule has 1 aliphatic heterocycles. The third kappa shape index (κ3) is 5.98. The molecule has 2 aromatic rings. The van der Waals surface area contributed by atoms with Crippen molar-refractivity contribution in [2.75, 3.05) is 25.0 Å². The van der Waals surface area contributed by atoms with Crippen LogP contribution >= 0.6 is 24.0 Å². The zero-order chi connectivity index (χ0) is 18.4. The van der Waals surface area contributed by atoms with Crippen molar-refractivity contribution in [3.63, 3.8) is 0 Å². The molecule has 0 saturated carbocycles. The minimum absolute atomic E-state index is 0. The number of aromatic nitrogens is 1. The van der Waals surface area contributed by atoms with Crippen LogP contribution in [-0.4, -0.2) is 31.3 Å². The van der Waals surface area contributed by atoms with Crippen molar-refractivity contribution >= 4 is 35.6 Å². The van der Waals surface area contributed by atoms with E-state index in [1.165, 1.54) is 11.3 Å². The molecule has 0 saturated heterocycles. The first kappa shape index (κ1) is 21.3. The summed E-state index contributed by atoms with van der Waals surface area (Å²) in [5, 5.41) is 10.7. The normalized spacial score (nSPS) is 13.8. The molecule has 6 nitrogen and oxygen atoms in total. The lowest BCUT2D eigenvalue weighted by Crippen LogP contribution is -2.36. The molecule has 27 heavy (non-hydrogen) atoms. The highest BCUT2D eigenvalue weighted by molar-refractivity contribution is 14.0. The average Bonchev–Trinajstić information content (AvgIpc) is 3.34. The number of hydrogen-bond acceptors (Lipinski definition) is 4. The molecule has 1 aliphatic rings. The van der Waals surface area contributed by atoms with E-state index in [0.29, 0.717) is 19.0 Å². The molecule has 2 N–H and O–H groups in total. The van der Waals surface area contributed by atoms with Crippen molar-refractivity contribution in [2.24, 2.45) is 4.99 Å². The predicted octanol–water partition coefficient (Wildman–Crippen LogP) is 3.66. The van der Waals surface area contributed by atoms with Crippen molar-refractivity contribution < 1.29 is 4.52 Å². The Morgan fingerprint density at radius 3 is 2.59 bits per heavy atom. The lowest BCUT2D eigenvalue weighted by Gasteiger charge is -2.19. The van der Waals surface area contributed by atoms with E-state index in [0.717, 1.165) is 30.5 Å². The molecule has 0 radical (unpaired) electrons. The summed E-state index contributed by atoms with van der Waals surface area (Å²) in [5.41, 5.74) is 3.44. The van der Waals surface area contributed by atoms with Crippen LogP contribution in [0.4, 0.5) is 5.69 Å². The van der Waals surface area contributed by atoms with Gasteiger partial charge in [-0.05, 0) is 23.6 Å². The number of nitrogens with one attached hydrogen (secondary N) is 2. The molecule has 1 aromatic carbocycles. The first-order valence-electron chi connectivity index (χ1n) is 9.04. The zero-order valence-corrected chi connectivity index (χ0v) is 18.4. The van der Waals surface area contributed by atoms with Crippen molar-refractivity contribution in [2.45, 2.75) is 32.9 Å². The Morgan fingerprint density at radius 1 is 1.19 bits per heavy atom. The number of nitrogens with zero attached hydrogens (tertiary/aromatic N) is 3. The van der Waals surface area contributed by atoms with Gasteiger partial charge in [0.1, 0.15) is 0 Å². The quantitative estimate of drug-likeness (QED) is 0.286. The number of halogens is 1. The highest BCUT2D eigenvalue weighted by atomic mass is 127. The van der Waals surface area contributed by atoms with Crippen molar-refractivity contribution in [3.8, 4) is 0 Å². The van der Waals surface area contributed by atoms with E-state index in [1.54, 1.807) is 7.05 Å². The third-order valence-corrected chi connectivity index (χ3v) is 4.38. The monoisotopic (exact) mass is 481 g/mol. The van der Waals surface area contributed by atoms with Crippen LogP contribution in [0.3, 0.4) is 0 Å². The zero-order valence-electron chi connectivity index (χ0n) is 16.1. The van der Waals surface area contributed by atoms with Gasteiger partial charge in [-0.2, -0.15) is 0 Å². The smallest absolute Gasteiger partial charge is 0.191 e. The lowest BCUT2D eigenvalue weighted by molar-refractivity contribution is 0.372.